The number of hydrogen-bond donors (Lipinski definition) is 1. The average molecular weight is 262 g/mol. The van der Waals surface area contributed by atoms with Gasteiger partial charge in [-0.1, -0.05) is 44.6 Å². The summed E-state index contributed by atoms with van der Waals surface area (Å²) in [5.74, 6) is -0.224. The molecule has 2 nitrogen and oxygen atoms in total. The Hall–Kier alpha value is -1.31. The number of carbonyl (C=O) groups is 1. The van der Waals surface area contributed by atoms with Gasteiger partial charge in [-0.2, -0.15) is 0 Å². The van der Waals surface area contributed by atoms with Crippen molar-refractivity contribution >= 4 is 5.97 Å². The van der Waals surface area contributed by atoms with E-state index in [9.17, 15) is 4.79 Å². The summed E-state index contributed by atoms with van der Waals surface area (Å²) in [4.78, 5) is 9.93. The third-order valence-electron chi connectivity index (χ3n) is 4.10. The molecule has 2 atom stereocenters. The molecule has 0 bridgehead atoms. The molecule has 2 unspecified atom stereocenters. The lowest BCUT2D eigenvalue weighted by Gasteiger charge is -2.24. The SMILES string of the molecule is CC1=C2CCCC=C2C=CC1C.CCC(C)C(=O)O. The van der Waals surface area contributed by atoms with Crippen LogP contribution in [-0.4, -0.2) is 11.1 Å². The fourth-order valence-corrected chi connectivity index (χ4v) is 2.24. The Morgan fingerprint density at radius 3 is 2.74 bits per heavy atom. The minimum Gasteiger partial charge on any atom is -0.481 e. The van der Waals surface area contributed by atoms with Crippen LogP contribution in [-0.2, 0) is 4.79 Å². The average Bonchev–Trinajstić information content (AvgIpc) is 2.43. The molecule has 1 N–H and O–H groups in total. The Morgan fingerprint density at radius 1 is 1.53 bits per heavy atom. The lowest BCUT2D eigenvalue weighted by molar-refractivity contribution is -0.141. The Morgan fingerprint density at radius 2 is 2.21 bits per heavy atom. The van der Waals surface area contributed by atoms with E-state index < -0.39 is 5.97 Å². The van der Waals surface area contributed by atoms with Crippen LogP contribution in [0, 0.1) is 11.8 Å². The molecular formula is C17H26O2. The van der Waals surface area contributed by atoms with Gasteiger partial charge >= 0.3 is 5.97 Å². The van der Waals surface area contributed by atoms with E-state index in [0.29, 0.717) is 5.92 Å². The van der Waals surface area contributed by atoms with E-state index in [-0.39, 0.29) is 5.92 Å². The standard InChI is InChI=1S/C12H16.C5H10O2/c1-9-7-8-11-5-3-4-6-12(11)10(9)2;1-3-4(2)5(6)7/h5,7-9H,3-4,6H2,1-2H3;4H,3H2,1-2H3,(H,6,7). The molecule has 0 fully saturated rings. The number of aliphatic carboxylic acids is 1. The van der Waals surface area contributed by atoms with E-state index in [0.717, 1.165) is 6.42 Å². The highest BCUT2D eigenvalue weighted by Crippen LogP contribution is 2.34. The fourth-order valence-electron chi connectivity index (χ4n) is 2.24. The van der Waals surface area contributed by atoms with E-state index in [4.69, 9.17) is 5.11 Å². The molecule has 0 spiro atoms. The molecule has 2 aliphatic carbocycles. The first-order valence-electron chi connectivity index (χ1n) is 7.28. The van der Waals surface area contributed by atoms with Crippen molar-refractivity contribution in [2.45, 2.75) is 53.4 Å². The lowest BCUT2D eigenvalue weighted by atomic mass is 9.81. The summed E-state index contributed by atoms with van der Waals surface area (Å²) in [6.07, 6.45) is 11.6. The summed E-state index contributed by atoms with van der Waals surface area (Å²) < 4.78 is 0. The van der Waals surface area contributed by atoms with E-state index >= 15 is 0 Å². The zero-order valence-corrected chi connectivity index (χ0v) is 12.6. The van der Waals surface area contributed by atoms with Gasteiger partial charge in [-0.15, -0.1) is 0 Å². The van der Waals surface area contributed by atoms with Gasteiger partial charge in [0.25, 0.3) is 0 Å². The lowest BCUT2D eigenvalue weighted by Crippen LogP contribution is -2.07. The normalized spacial score (nSPS) is 22.9. The Bertz CT molecular complexity index is 413. The molecule has 2 aliphatic rings. The first-order valence-corrected chi connectivity index (χ1v) is 7.28. The third kappa shape index (κ3) is 4.38. The second-order valence-electron chi connectivity index (χ2n) is 5.51. The second-order valence-corrected chi connectivity index (χ2v) is 5.51. The molecule has 0 heterocycles. The summed E-state index contributed by atoms with van der Waals surface area (Å²) in [6, 6.07) is 0. The highest BCUT2D eigenvalue weighted by Gasteiger charge is 2.16. The van der Waals surface area contributed by atoms with Crippen LogP contribution >= 0.6 is 0 Å². The minimum atomic E-state index is -0.706. The first-order chi connectivity index (χ1) is 8.97. The number of fused-ring (bicyclic) bond motifs is 1. The molecule has 0 saturated heterocycles. The monoisotopic (exact) mass is 262 g/mol. The van der Waals surface area contributed by atoms with Crippen molar-refractivity contribution in [3.05, 3.63) is 34.9 Å². The molecule has 2 heteroatoms. The zero-order chi connectivity index (χ0) is 14.4. The van der Waals surface area contributed by atoms with Crippen LogP contribution in [0.1, 0.15) is 53.4 Å². The van der Waals surface area contributed by atoms with Crippen molar-refractivity contribution in [2.75, 3.05) is 0 Å². The topological polar surface area (TPSA) is 37.3 Å². The number of carboxylic acids is 1. The fraction of sp³-hybridized carbons (Fsp3) is 0.588. The van der Waals surface area contributed by atoms with Gasteiger partial charge in [0.1, 0.15) is 0 Å². The highest BCUT2D eigenvalue weighted by molar-refractivity contribution is 5.69. The smallest absolute Gasteiger partial charge is 0.306 e. The van der Waals surface area contributed by atoms with Crippen LogP contribution in [0.3, 0.4) is 0 Å². The van der Waals surface area contributed by atoms with Crippen LogP contribution in [0.15, 0.2) is 34.9 Å². The molecule has 0 aromatic carbocycles. The Labute approximate surface area is 116 Å². The van der Waals surface area contributed by atoms with Gasteiger partial charge in [0.2, 0.25) is 0 Å². The van der Waals surface area contributed by atoms with Gasteiger partial charge in [-0.05, 0) is 49.7 Å². The van der Waals surface area contributed by atoms with Gasteiger partial charge in [-0.3, -0.25) is 4.79 Å². The number of hydrogen-bond acceptors (Lipinski definition) is 1. The van der Waals surface area contributed by atoms with Crippen LogP contribution in [0.5, 0.6) is 0 Å². The molecule has 106 valence electrons. The molecule has 2 rings (SSSR count). The van der Waals surface area contributed by atoms with Crippen molar-refractivity contribution in [3.8, 4) is 0 Å². The molecule has 19 heavy (non-hydrogen) atoms. The third-order valence-corrected chi connectivity index (χ3v) is 4.10. The van der Waals surface area contributed by atoms with E-state index in [1.54, 1.807) is 18.1 Å². The largest absolute Gasteiger partial charge is 0.481 e. The number of rotatable bonds is 2. The van der Waals surface area contributed by atoms with E-state index in [2.05, 4.69) is 32.1 Å². The van der Waals surface area contributed by atoms with Crippen molar-refractivity contribution < 1.29 is 9.90 Å². The molecule has 0 amide bonds. The van der Waals surface area contributed by atoms with Crippen molar-refractivity contribution in [2.24, 2.45) is 11.8 Å². The van der Waals surface area contributed by atoms with Crippen LogP contribution < -0.4 is 0 Å². The van der Waals surface area contributed by atoms with Crippen molar-refractivity contribution in [3.63, 3.8) is 0 Å². The molecule has 0 saturated carbocycles. The van der Waals surface area contributed by atoms with Gasteiger partial charge in [0, 0.05) is 0 Å². The second kappa shape index (κ2) is 7.32. The Balaban J connectivity index is 0.000000224. The maximum Gasteiger partial charge on any atom is 0.306 e. The molecule has 0 radical (unpaired) electrons. The number of carboxylic acid groups (broad SMARTS) is 1. The predicted octanol–water partition coefficient (Wildman–Crippen LogP) is 4.74. The maximum atomic E-state index is 9.93. The van der Waals surface area contributed by atoms with Gasteiger partial charge in [0.15, 0.2) is 0 Å². The van der Waals surface area contributed by atoms with Crippen molar-refractivity contribution in [1.82, 2.24) is 0 Å². The van der Waals surface area contributed by atoms with Crippen LogP contribution in [0.4, 0.5) is 0 Å². The quantitative estimate of drug-likeness (QED) is 0.780. The highest BCUT2D eigenvalue weighted by atomic mass is 16.4. The zero-order valence-electron chi connectivity index (χ0n) is 12.6. The van der Waals surface area contributed by atoms with Crippen molar-refractivity contribution in [1.29, 1.82) is 0 Å². The van der Waals surface area contributed by atoms with Gasteiger partial charge in [0.05, 0.1) is 5.92 Å². The summed E-state index contributed by atoms with van der Waals surface area (Å²) >= 11 is 0. The van der Waals surface area contributed by atoms with E-state index in [1.165, 1.54) is 24.8 Å². The molecule has 0 aromatic heterocycles. The number of allylic oxidation sites excluding steroid dienone is 6. The van der Waals surface area contributed by atoms with E-state index in [1.807, 2.05) is 6.92 Å². The predicted molar refractivity (Wildman–Crippen MR) is 80.0 cm³/mol. The summed E-state index contributed by atoms with van der Waals surface area (Å²) in [5.41, 5.74) is 4.71. The van der Waals surface area contributed by atoms with Crippen LogP contribution in [0.2, 0.25) is 0 Å². The van der Waals surface area contributed by atoms with Gasteiger partial charge in [-0.25, -0.2) is 0 Å². The first kappa shape index (κ1) is 15.7. The molecule has 0 aliphatic heterocycles. The molecular weight excluding hydrogens is 236 g/mol. The summed E-state index contributed by atoms with van der Waals surface area (Å²) in [7, 11) is 0. The minimum absolute atomic E-state index is 0.181. The maximum absolute atomic E-state index is 9.93. The van der Waals surface area contributed by atoms with Crippen LogP contribution in [0.25, 0.3) is 0 Å². The summed E-state index contributed by atoms with van der Waals surface area (Å²) in [6.45, 7) is 8.12. The molecule has 0 aromatic rings. The Kier molecular flexibility index (Phi) is 6.07. The summed E-state index contributed by atoms with van der Waals surface area (Å²) in [5, 5.41) is 8.18. The van der Waals surface area contributed by atoms with Gasteiger partial charge < -0.3 is 5.11 Å².